The third-order valence-corrected chi connectivity index (χ3v) is 2.67. The zero-order chi connectivity index (χ0) is 10.8. The van der Waals surface area contributed by atoms with Crippen molar-refractivity contribution in [3.8, 4) is 0 Å². The molecule has 3 heteroatoms. The van der Waals surface area contributed by atoms with E-state index in [1.807, 2.05) is 6.92 Å². The van der Waals surface area contributed by atoms with Crippen molar-refractivity contribution < 1.29 is 0 Å². The summed E-state index contributed by atoms with van der Waals surface area (Å²) >= 11 is 0. The number of pyridine rings is 1. The van der Waals surface area contributed by atoms with Crippen LogP contribution in [0.1, 0.15) is 36.8 Å². The normalized spacial score (nSPS) is 11.1. The highest BCUT2D eigenvalue weighted by atomic mass is 15.2. The molecule has 0 saturated carbocycles. The second-order valence-corrected chi connectivity index (χ2v) is 4.07. The minimum atomic E-state index is 0.971. The van der Waals surface area contributed by atoms with Crippen LogP contribution < -0.4 is 0 Å². The predicted molar refractivity (Wildman–Crippen MR) is 61.1 cm³/mol. The molecule has 2 aromatic heterocycles. The largest absolute Gasteiger partial charge is 0.284 e. The lowest BCUT2D eigenvalue weighted by molar-refractivity contribution is 0.759. The average molecular weight is 203 g/mol. The van der Waals surface area contributed by atoms with E-state index < -0.39 is 0 Å². The van der Waals surface area contributed by atoms with Crippen LogP contribution in [0, 0.1) is 13.8 Å². The predicted octanol–water partition coefficient (Wildman–Crippen LogP) is 2.69. The fourth-order valence-corrected chi connectivity index (χ4v) is 1.94. The molecule has 80 valence electrons. The zero-order valence-corrected chi connectivity index (χ0v) is 9.62. The summed E-state index contributed by atoms with van der Waals surface area (Å²) in [6, 6.07) is 4.31. The van der Waals surface area contributed by atoms with Gasteiger partial charge in [0, 0.05) is 5.69 Å². The summed E-state index contributed by atoms with van der Waals surface area (Å²) in [4.78, 5) is 0. The van der Waals surface area contributed by atoms with Gasteiger partial charge in [-0.3, -0.25) is 4.40 Å². The molecule has 0 aliphatic rings. The van der Waals surface area contributed by atoms with Crippen LogP contribution in [0.2, 0.25) is 0 Å². The van der Waals surface area contributed by atoms with Crippen molar-refractivity contribution in [3.63, 3.8) is 0 Å². The number of hydrogen-bond donors (Lipinski definition) is 0. The van der Waals surface area contributed by atoms with E-state index in [2.05, 4.69) is 40.6 Å². The molecule has 0 N–H and O–H groups in total. The molecular weight excluding hydrogens is 186 g/mol. The van der Waals surface area contributed by atoms with Gasteiger partial charge in [0.05, 0.1) is 0 Å². The molecule has 2 rings (SSSR count). The summed E-state index contributed by atoms with van der Waals surface area (Å²) in [5, 5.41) is 8.28. The van der Waals surface area contributed by atoms with Gasteiger partial charge in [0.1, 0.15) is 5.82 Å². The van der Waals surface area contributed by atoms with Gasteiger partial charge in [-0.1, -0.05) is 13.3 Å². The third-order valence-electron chi connectivity index (χ3n) is 2.67. The number of unbranched alkanes of at least 4 members (excludes halogenated alkanes) is 1. The molecule has 0 fully saturated rings. The van der Waals surface area contributed by atoms with Gasteiger partial charge in [0.25, 0.3) is 0 Å². The van der Waals surface area contributed by atoms with E-state index >= 15 is 0 Å². The van der Waals surface area contributed by atoms with Crippen LogP contribution in [-0.4, -0.2) is 14.6 Å². The molecule has 2 heterocycles. The standard InChI is InChI=1S/C12H17N3/c1-4-5-6-11-7-9(2)8-12-14-13-10(3)15(11)12/h7-8H,4-6H2,1-3H3. The maximum absolute atomic E-state index is 4.16. The highest BCUT2D eigenvalue weighted by molar-refractivity contribution is 5.43. The fraction of sp³-hybridized carbons (Fsp3) is 0.500. The maximum Gasteiger partial charge on any atom is 0.161 e. The van der Waals surface area contributed by atoms with Gasteiger partial charge in [-0.2, -0.15) is 0 Å². The summed E-state index contributed by atoms with van der Waals surface area (Å²) in [6.07, 6.45) is 3.54. The second-order valence-electron chi connectivity index (χ2n) is 4.07. The average Bonchev–Trinajstić information content (AvgIpc) is 2.56. The number of aryl methyl sites for hydroxylation is 3. The Morgan fingerprint density at radius 1 is 1.20 bits per heavy atom. The Bertz CT molecular complexity index is 471. The number of rotatable bonds is 3. The zero-order valence-electron chi connectivity index (χ0n) is 9.62. The Balaban J connectivity index is 2.53. The van der Waals surface area contributed by atoms with E-state index in [9.17, 15) is 0 Å². The monoisotopic (exact) mass is 203 g/mol. The molecule has 15 heavy (non-hydrogen) atoms. The first-order chi connectivity index (χ1) is 7.22. The molecule has 0 unspecified atom stereocenters. The van der Waals surface area contributed by atoms with Crippen molar-refractivity contribution in [2.75, 3.05) is 0 Å². The Morgan fingerprint density at radius 2 is 2.00 bits per heavy atom. The van der Waals surface area contributed by atoms with Gasteiger partial charge in [-0.25, -0.2) is 0 Å². The lowest BCUT2D eigenvalue weighted by Gasteiger charge is -2.06. The summed E-state index contributed by atoms with van der Waals surface area (Å²) in [6.45, 7) is 6.33. The van der Waals surface area contributed by atoms with Crippen LogP contribution in [0.5, 0.6) is 0 Å². The summed E-state index contributed by atoms with van der Waals surface area (Å²) in [5.74, 6) is 0.983. The molecule has 0 radical (unpaired) electrons. The molecule has 0 aliphatic heterocycles. The van der Waals surface area contributed by atoms with Crippen LogP contribution >= 0.6 is 0 Å². The van der Waals surface area contributed by atoms with Crippen molar-refractivity contribution in [1.82, 2.24) is 14.6 Å². The quantitative estimate of drug-likeness (QED) is 0.767. The third kappa shape index (κ3) is 1.87. The number of nitrogens with zero attached hydrogens (tertiary/aromatic N) is 3. The van der Waals surface area contributed by atoms with E-state index in [-0.39, 0.29) is 0 Å². The smallest absolute Gasteiger partial charge is 0.161 e. The van der Waals surface area contributed by atoms with E-state index in [1.165, 1.54) is 24.1 Å². The highest BCUT2D eigenvalue weighted by Gasteiger charge is 2.06. The van der Waals surface area contributed by atoms with Gasteiger partial charge in [0.15, 0.2) is 5.65 Å². The number of fused-ring (bicyclic) bond motifs is 1. The number of aromatic nitrogens is 3. The van der Waals surface area contributed by atoms with Gasteiger partial charge in [-0.15, -0.1) is 10.2 Å². The second kappa shape index (κ2) is 4.01. The molecule has 0 spiro atoms. The van der Waals surface area contributed by atoms with Crippen molar-refractivity contribution >= 4 is 5.65 Å². The molecule has 0 amide bonds. The lowest BCUT2D eigenvalue weighted by Crippen LogP contribution is -2.00. The first kappa shape index (κ1) is 10.1. The summed E-state index contributed by atoms with van der Waals surface area (Å²) in [5.41, 5.74) is 3.56. The van der Waals surface area contributed by atoms with E-state index in [0.29, 0.717) is 0 Å². The molecule has 0 aromatic carbocycles. The Kier molecular flexibility index (Phi) is 2.71. The minimum Gasteiger partial charge on any atom is -0.284 e. The van der Waals surface area contributed by atoms with Crippen molar-refractivity contribution in [3.05, 3.63) is 29.2 Å². The van der Waals surface area contributed by atoms with Crippen LogP contribution in [0.15, 0.2) is 12.1 Å². The van der Waals surface area contributed by atoms with Crippen LogP contribution in [-0.2, 0) is 6.42 Å². The number of hydrogen-bond acceptors (Lipinski definition) is 2. The molecule has 0 saturated heterocycles. The Morgan fingerprint density at radius 3 is 2.73 bits per heavy atom. The molecule has 3 nitrogen and oxygen atoms in total. The minimum absolute atomic E-state index is 0.971. The molecule has 0 bridgehead atoms. The SMILES string of the molecule is CCCCc1cc(C)cc2nnc(C)n12. The first-order valence-electron chi connectivity index (χ1n) is 5.53. The Hall–Kier alpha value is -1.38. The molecule has 0 aliphatic carbocycles. The van der Waals surface area contributed by atoms with Crippen molar-refractivity contribution in [1.29, 1.82) is 0 Å². The van der Waals surface area contributed by atoms with Gasteiger partial charge in [0.2, 0.25) is 0 Å². The van der Waals surface area contributed by atoms with Gasteiger partial charge < -0.3 is 0 Å². The highest BCUT2D eigenvalue weighted by Crippen LogP contribution is 2.13. The first-order valence-corrected chi connectivity index (χ1v) is 5.53. The summed E-state index contributed by atoms with van der Waals surface area (Å²) in [7, 11) is 0. The van der Waals surface area contributed by atoms with Crippen LogP contribution in [0.25, 0.3) is 5.65 Å². The molecular formula is C12H17N3. The van der Waals surface area contributed by atoms with Crippen molar-refractivity contribution in [2.45, 2.75) is 40.0 Å². The topological polar surface area (TPSA) is 30.2 Å². The molecule has 2 aromatic rings. The van der Waals surface area contributed by atoms with Gasteiger partial charge >= 0.3 is 0 Å². The fourth-order valence-electron chi connectivity index (χ4n) is 1.94. The summed E-state index contributed by atoms with van der Waals surface area (Å²) < 4.78 is 2.16. The van der Waals surface area contributed by atoms with E-state index in [4.69, 9.17) is 0 Å². The van der Waals surface area contributed by atoms with Crippen molar-refractivity contribution in [2.24, 2.45) is 0 Å². The van der Waals surface area contributed by atoms with Crippen LogP contribution in [0.4, 0.5) is 0 Å². The van der Waals surface area contributed by atoms with Crippen LogP contribution in [0.3, 0.4) is 0 Å². The van der Waals surface area contributed by atoms with Gasteiger partial charge in [-0.05, 0) is 44.4 Å². The lowest BCUT2D eigenvalue weighted by atomic mass is 10.1. The molecule has 0 atom stereocenters. The maximum atomic E-state index is 4.16. The Labute approximate surface area is 90.1 Å². The van der Waals surface area contributed by atoms with E-state index in [0.717, 1.165) is 17.9 Å². The van der Waals surface area contributed by atoms with E-state index in [1.54, 1.807) is 0 Å².